The van der Waals surface area contributed by atoms with E-state index in [4.69, 9.17) is 4.74 Å². The molecule has 1 amide bonds. The number of ether oxygens (including phenoxy) is 1. The molecule has 0 aromatic heterocycles. The van der Waals surface area contributed by atoms with Gasteiger partial charge in [0.05, 0.1) is 11.3 Å². The van der Waals surface area contributed by atoms with E-state index in [9.17, 15) is 19.7 Å². The third-order valence-corrected chi connectivity index (χ3v) is 4.83. The monoisotopic (exact) mass is 418 g/mol. The Morgan fingerprint density at radius 1 is 0.968 bits per heavy atom. The van der Waals surface area contributed by atoms with Crippen molar-refractivity contribution in [2.75, 3.05) is 11.9 Å². The number of benzene rings is 3. The first kappa shape index (κ1) is 21.7. The number of nitrogens with one attached hydrogen (secondary N) is 1. The quantitative estimate of drug-likeness (QED) is 0.327. The van der Waals surface area contributed by atoms with Gasteiger partial charge in [-0.15, -0.1) is 0 Å². The molecule has 0 saturated heterocycles. The van der Waals surface area contributed by atoms with Crippen LogP contribution in [0.3, 0.4) is 0 Å². The molecule has 0 fully saturated rings. The largest absolute Gasteiger partial charge is 0.456 e. The Morgan fingerprint density at radius 2 is 1.55 bits per heavy atom. The van der Waals surface area contributed by atoms with Gasteiger partial charge in [0, 0.05) is 23.7 Å². The molecule has 1 N–H and O–H groups in total. The van der Waals surface area contributed by atoms with E-state index in [0.717, 1.165) is 11.1 Å². The number of anilines is 1. The first-order chi connectivity index (χ1) is 14.9. The van der Waals surface area contributed by atoms with Crippen LogP contribution >= 0.6 is 0 Å². The Balaban J connectivity index is 1.60. The highest BCUT2D eigenvalue weighted by Crippen LogP contribution is 2.28. The molecule has 3 aromatic carbocycles. The fourth-order valence-electron chi connectivity index (χ4n) is 3.26. The number of amides is 1. The van der Waals surface area contributed by atoms with Crippen molar-refractivity contribution in [3.63, 3.8) is 0 Å². The molecule has 0 heterocycles. The number of nitrogens with zero attached hydrogens (tertiary/aromatic N) is 1. The number of carbonyl (C=O) groups excluding carboxylic acids is 2. The van der Waals surface area contributed by atoms with Gasteiger partial charge >= 0.3 is 5.97 Å². The van der Waals surface area contributed by atoms with Gasteiger partial charge in [-0.05, 0) is 29.7 Å². The summed E-state index contributed by atoms with van der Waals surface area (Å²) in [4.78, 5) is 35.0. The van der Waals surface area contributed by atoms with Crippen LogP contribution in [-0.2, 0) is 14.3 Å². The van der Waals surface area contributed by atoms with Crippen LogP contribution in [0.15, 0.2) is 78.9 Å². The topological polar surface area (TPSA) is 98.5 Å². The average molecular weight is 418 g/mol. The van der Waals surface area contributed by atoms with Crippen molar-refractivity contribution in [1.29, 1.82) is 0 Å². The van der Waals surface area contributed by atoms with Gasteiger partial charge in [0.1, 0.15) is 0 Å². The lowest BCUT2D eigenvalue weighted by molar-refractivity contribution is -0.384. The molecule has 7 nitrogen and oxygen atoms in total. The number of esters is 1. The maximum Gasteiger partial charge on any atom is 0.307 e. The standard InChI is InChI=1S/C24H22N2O5/c1-17-14-20(26(29)30)12-13-22(17)25-23(27)16-31-24(28)15-21(18-8-4-2-5-9-18)19-10-6-3-7-11-19/h2-14,21H,15-16H2,1H3,(H,25,27). The van der Waals surface area contributed by atoms with Crippen molar-refractivity contribution >= 4 is 23.3 Å². The molecule has 0 spiro atoms. The third-order valence-electron chi connectivity index (χ3n) is 4.83. The molecule has 3 aromatic rings. The molecular weight excluding hydrogens is 396 g/mol. The Labute approximate surface area is 179 Å². The molecule has 0 saturated carbocycles. The van der Waals surface area contributed by atoms with Crippen molar-refractivity contribution in [3.05, 3.63) is 106 Å². The SMILES string of the molecule is Cc1cc([N+](=O)[O-])ccc1NC(=O)COC(=O)CC(c1ccccc1)c1ccccc1. The lowest BCUT2D eigenvalue weighted by atomic mass is 9.89. The van der Waals surface area contributed by atoms with E-state index in [-0.39, 0.29) is 18.0 Å². The Bertz CT molecular complexity index is 1030. The summed E-state index contributed by atoms with van der Waals surface area (Å²) in [5.74, 6) is -1.19. The van der Waals surface area contributed by atoms with Crippen LogP contribution in [0.4, 0.5) is 11.4 Å². The summed E-state index contributed by atoms with van der Waals surface area (Å²) in [7, 11) is 0. The number of rotatable bonds is 8. The highest BCUT2D eigenvalue weighted by Gasteiger charge is 2.20. The minimum Gasteiger partial charge on any atom is -0.456 e. The zero-order valence-electron chi connectivity index (χ0n) is 17.0. The van der Waals surface area contributed by atoms with Crippen LogP contribution in [0, 0.1) is 17.0 Å². The van der Waals surface area contributed by atoms with Gasteiger partial charge < -0.3 is 10.1 Å². The molecule has 3 rings (SSSR count). The zero-order chi connectivity index (χ0) is 22.2. The Morgan fingerprint density at radius 3 is 2.06 bits per heavy atom. The summed E-state index contributed by atoms with van der Waals surface area (Å²) in [6.45, 7) is 1.21. The van der Waals surface area contributed by atoms with Gasteiger partial charge in [0.25, 0.3) is 11.6 Å². The normalized spacial score (nSPS) is 10.5. The molecular formula is C24H22N2O5. The second-order valence-corrected chi connectivity index (χ2v) is 7.04. The van der Waals surface area contributed by atoms with Crippen LogP contribution in [0.5, 0.6) is 0 Å². The molecule has 0 aliphatic rings. The number of hydrogen-bond acceptors (Lipinski definition) is 5. The fourth-order valence-corrected chi connectivity index (χ4v) is 3.26. The fraction of sp³-hybridized carbons (Fsp3) is 0.167. The minimum absolute atomic E-state index is 0.0604. The molecule has 0 atom stereocenters. The van der Waals surface area contributed by atoms with Gasteiger partial charge in [-0.25, -0.2) is 0 Å². The summed E-state index contributed by atoms with van der Waals surface area (Å²) in [6, 6.07) is 23.4. The van der Waals surface area contributed by atoms with E-state index in [1.54, 1.807) is 6.92 Å². The lowest BCUT2D eigenvalue weighted by Gasteiger charge is -2.17. The predicted octanol–water partition coefficient (Wildman–Crippen LogP) is 4.61. The molecule has 0 radical (unpaired) electrons. The smallest absolute Gasteiger partial charge is 0.307 e. The third kappa shape index (κ3) is 5.99. The van der Waals surface area contributed by atoms with E-state index < -0.39 is 23.4 Å². The zero-order valence-corrected chi connectivity index (χ0v) is 17.0. The van der Waals surface area contributed by atoms with Crippen molar-refractivity contribution < 1.29 is 19.2 Å². The second kappa shape index (κ2) is 10.2. The van der Waals surface area contributed by atoms with E-state index in [0.29, 0.717) is 11.3 Å². The molecule has 158 valence electrons. The maximum absolute atomic E-state index is 12.5. The highest BCUT2D eigenvalue weighted by molar-refractivity contribution is 5.93. The first-order valence-electron chi connectivity index (χ1n) is 9.74. The van der Waals surface area contributed by atoms with Crippen LogP contribution in [0.2, 0.25) is 0 Å². The first-order valence-corrected chi connectivity index (χ1v) is 9.74. The molecule has 0 aliphatic heterocycles. The van der Waals surface area contributed by atoms with E-state index in [2.05, 4.69) is 5.32 Å². The molecule has 0 unspecified atom stereocenters. The van der Waals surface area contributed by atoms with E-state index >= 15 is 0 Å². The van der Waals surface area contributed by atoms with Crippen LogP contribution in [-0.4, -0.2) is 23.4 Å². The molecule has 7 heteroatoms. The number of non-ortho nitro benzene ring substituents is 1. The summed E-state index contributed by atoms with van der Waals surface area (Å²) in [5, 5.41) is 13.4. The molecule has 0 bridgehead atoms. The number of hydrogen-bond donors (Lipinski definition) is 1. The van der Waals surface area contributed by atoms with Gasteiger partial charge in [0.15, 0.2) is 6.61 Å². The van der Waals surface area contributed by atoms with E-state index in [1.165, 1.54) is 18.2 Å². The predicted molar refractivity (Wildman–Crippen MR) is 117 cm³/mol. The summed E-state index contributed by atoms with van der Waals surface area (Å²) in [6.07, 6.45) is 0.0951. The van der Waals surface area contributed by atoms with Gasteiger partial charge in [-0.1, -0.05) is 60.7 Å². The molecule has 31 heavy (non-hydrogen) atoms. The van der Waals surface area contributed by atoms with Gasteiger partial charge in [-0.2, -0.15) is 0 Å². The van der Waals surface area contributed by atoms with Crippen LogP contribution in [0.25, 0.3) is 0 Å². The second-order valence-electron chi connectivity index (χ2n) is 7.04. The summed E-state index contributed by atoms with van der Waals surface area (Å²) >= 11 is 0. The minimum atomic E-state index is -0.513. The molecule has 0 aliphatic carbocycles. The number of nitro groups is 1. The summed E-state index contributed by atoms with van der Waals surface area (Å²) < 4.78 is 5.19. The lowest BCUT2D eigenvalue weighted by Crippen LogP contribution is -2.22. The number of aryl methyl sites for hydroxylation is 1. The highest BCUT2D eigenvalue weighted by atomic mass is 16.6. The van der Waals surface area contributed by atoms with Crippen molar-refractivity contribution in [3.8, 4) is 0 Å². The number of nitro benzene ring substituents is 1. The Hall–Kier alpha value is -4.00. The van der Waals surface area contributed by atoms with Crippen LogP contribution in [0.1, 0.15) is 29.0 Å². The van der Waals surface area contributed by atoms with Gasteiger partial charge in [-0.3, -0.25) is 19.7 Å². The Kier molecular flexibility index (Phi) is 7.11. The number of carbonyl (C=O) groups is 2. The van der Waals surface area contributed by atoms with Gasteiger partial charge in [0.2, 0.25) is 0 Å². The van der Waals surface area contributed by atoms with Crippen molar-refractivity contribution in [1.82, 2.24) is 0 Å². The summed E-state index contributed by atoms with van der Waals surface area (Å²) in [5.41, 5.74) is 2.88. The average Bonchev–Trinajstić information content (AvgIpc) is 2.78. The van der Waals surface area contributed by atoms with E-state index in [1.807, 2.05) is 60.7 Å². The van der Waals surface area contributed by atoms with Crippen LogP contribution < -0.4 is 5.32 Å². The van der Waals surface area contributed by atoms with Crippen molar-refractivity contribution in [2.24, 2.45) is 0 Å². The maximum atomic E-state index is 12.5. The van der Waals surface area contributed by atoms with Crippen molar-refractivity contribution in [2.45, 2.75) is 19.3 Å².